The highest BCUT2D eigenvalue weighted by molar-refractivity contribution is 7.09. The van der Waals surface area contributed by atoms with Crippen molar-refractivity contribution < 1.29 is 23.0 Å². The van der Waals surface area contributed by atoms with Gasteiger partial charge in [-0.05, 0) is 19.3 Å². The highest BCUT2D eigenvalue weighted by atomic mass is 32.1. The molecule has 8 heteroatoms. The topological polar surface area (TPSA) is 45.6 Å². The summed E-state index contributed by atoms with van der Waals surface area (Å²) < 4.78 is 43.2. The molecule has 1 unspecified atom stereocenters. The van der Waals surface area contributed by atoms with Crippen LogP contribution < -0.4 is 0 Å². The van der Waals surface area contributed by atoms with Crippen molar-refractivity contribution in [3.8, 4) is 0 Å². The smallest absolute Gasteiger partial charge is 0.396 e. The third-order valence-electron chi connectivity index (χ3n) is 3.20. The molecule has 1 saturated heterocycles. The summed E-state index contributed by atoms with van der Waals surface area (Å²) in [6.45, 7) is -0.0474. The van der Waals surface area contributed by atoms with Gasteiger partial charge in [0.15, 0.2) is 0 Å². The molecule has 2 heterocycles. The lowest BCUT2D eigenvalue weighted by molar-refractivity contribution is -0.147. The van der Waals surface area contributed by atoms with E-state index in [2.05, 4.69) is 4.98 Å². The summed E-state index contributed by atoms with van der Waals surface area (Å²) >= 11 is 1.44. The second kappa shape index (κ2) is 7.53. The third-order valence-corrected chi connectivity index (χ3v) is 4.18. The first-order valence-electron chi connectivity index (χ1n) is 6.94. The van der Waals surface area contributed by atoms with Crippen LogP contribution in [0.4, 0.5) is 13.2 Å². The highest BCUT2D eigenvalue weighted by Gasteiger charge is 2.31. The van der Waals surface area contributed by atoms with Crippen molar-refractivity contribution in [2.24, 2.45) is 0 Å². The van der Waals surface area contributed by atoms with Crippen molar-refractivity contribution in [3.63, 3.8) is 0 Å². The van der Waals surface area contributed by atoms with E-state index >= 15 is 0 Å². The molecule has 0 amide bonds. The van der Waals surface area contributed by atoms with Gasteiger partial charge in [0.05, 0.1) is 12.2 Å². The first kappa shape index (κ1) is 16.7. The summed E-state index contributed by atoms with van der Waals surface area (Å²) in [4.78, 5) is 5.66. The molecule has 4 nitrogen and oxygen atoms in total. The van der Waals surface area contributed by atoms with Gasteiger partial charge in [-0.3, -0.25) is 4.90 Å². The molecule has 0 aliphatic carbocycles. The summed E-state index contributed by atoms with van der Waals surface area (Å²) in [6, 6.07) is 0. The van der Waals surface area contributed by atoms with Gasteiger partial charge >= 0.3 is 6.18 Å². The molecule has 0 aromatic carbocycles. The van der Waals surface area contributed by atoms with Crippen molar-refractivity contribution in [1.82, 2.24) is 9.88 Å². The van der Waals surface area contributed by atoms with Crippen molar-refractivity contribution in [3.05, 3.63) is 16.1 Å². The monoisotopic (exact) mass is 324 g/mol. The Bertz CT molecular complexity index is 433. The van der Waals surface area contributed by atoms with E-state index < -0.39 is 12.7 Å². The molecule has 0 saturated carbocycles. The van der Waals surface area contributed by atoms with Crippen LogP contribution >= 0.6 is 11.3 Å². The Labute approximate surface area is 125 Å². The molecule has 1 aromatic rings. The molecule has 1 N–H and O–H groups in total. The Kier molecular flexibility index (Phi) is 5.98. The number of hydrogen-bond acceptors (Lipinski definition) is 5. The SMILES string of the molecule is OCCCN(Cc1csc(C2CCCO2)n1)CC(F)(F)F. The van der Waals surface area contributed by atoms with Crippen molar-refractivity contribution in [2.75, 3.05) is 26.3 Å². The van der Waals surface area contributed by atoms with Crippen LogP contribution in [0.25, 0.3) is 0 Å². The number of aromatic nitrogens is 1. The zero-order chi connectivity index (χ0) is 15.3. The fraction of sp³-hybridized carbons (Fsp3) is 0.769. The molecule has 120 valence electrons. The Hall–Kier alpha value is -0.700. The summed E-state index contributed by atoms with van der Waals surface area (Å²) in [5.41, 5.74) is 0.632. The predicted octanol–water partition coefficient (Wildman–Crippen LogP) is 2.74. The zero-order valence-electron chi connectivity index (χ0n) is 11.6. The number of thiazole rings is 1. The number of rotatable bonds is 7. The van der Waals surface area contributed by atoms with E-state index in [4.69, 9.17) is 9.84 Å². The molecular weight excluding hydrogens is 305 g/mol. The average Bonchev–Trinajstić information content (AvgIpc) is 3.04. The number of nitrogens with zero attached hydrogens (tertiary/aromatic N) is 2. The Morgan fingerprint density at radius 1 is 1.48 bits per heavy atom. The molecule has 2 rings (SSSR count). The lowest BCUT2D eigenvalue weighted by Crippen LogP contribution is -2.35. The van der Waals surface area contributed by atoms with Crippen LogP contribution in [-0.4, -0.2) is 47.5 Å². The quantitative estimate of drug-likeness (QED) is 0.838. The second-order valence-corrected chi connectivity index (χ2v) is 5.97. The Morgan fingerprint density at radius 2 is 2.29 bits per heavy atom. The van der Waals surface area contributed by atoms with Crippen LogP contribution in [0, 0.1) is 0 Å². The van der Waals surface area contributed by atoms with Gasteiger partial charge in [0.1, 0.15) is 11.1 Å². The molecule has 21 heavy (non-hydrogen) atoms. The standard InChI is InChI=1S/C13H19F3N2O2S/c14-13(15,16)9-18(4-2-5-19)7-10-8-21-12(17-10)11-3-1-6-20-11/h8,11,19H,1-7,9H2. The molecule has 1 aliphatic heterocycles. The van der Waals surface area contributed by atoms with Crippen LogP contribution in [0.5, 0.6) is 0 Å². The number of alkyl halides is 3. The molecule has 1 fully saturated rings. The number of hydrogen-bond donors (Lipinski definition) is 1. The second-order valence-electron chi connectivity index (χ2n) is 5.08. The zero-order valence-corrected chi connectivity index (χ0v) is 12.4. The van der Waals surface area contributed by atoms with Gasteiger partial charge in [-0.2, -0.15) is 13.2 Å². The van der Waals surface area contributed by atoms with Crippen LogP contribution in [0.1, 0.15) is 36.1 Å². The number of ether oxygens (including phenoxy) is 1. The van der Waals surface area contributed by atoms with Crippen molar-refractivity contribution in [1.29, 1.82) is 0 Å². The normalized spacial score (nSPS) is 19.6. The minimum Gasteiger partial charge on any atom is -0.396 e. The predicted molar refractivity (Wildman–Crippen MR) is 73.1 cm³/mol. The minimum absolute atomic E-state index is 0.00254. The fourth-order valence-electron chi connectivity index (χ4n) is 2.31. The van der Waals surface area contributed by atoms with E-state index in [0.717, 1.165) is 24.5 Å². The maximum absolute atomic E-state index is 12.5. The van der Waals surface area contributed by atoms with Crippen LogP contribution in [0.3, 0.4) is 0 Å². The van der Waals surface area contributed by atoms with Gasteiger partial charge in [-0.25, -0.2) is 4.98 Å². The lowest BCUT2D eigenvalue weighted by atomic mass is 10.2. The highest BCUT2D eigenvalue weighted by Crippen LogP contribution is 2.31. The van der Waals surface area contributed by atoms with Crippen LogP contribution in [0.2, 0.25) is 0 Å². The molecule has 1 aliphatic rings. The summed E-state index contributed by atoms with van der Waals surface area (Å²) in [7, 11) is 0. The van der Waals surface area contributed by atoms with Gasteiger partial charge < -0.3 is 9.84 Å². The van der Waals surface area contributed by atoms with Crippen molar-refractivity contribution in [2.45, 2.75) is 38.1 Å². The summed E-state index contributed by atoms with van der Waals surface area (Å²) in [6.07, 6.45) is -2.01. The number of aliphatic hydroxyl groups is 1. The van der Waals surface area contributed by atoms with Gasteiger partial charge in [0, 0.05) is 31.7 Å². The Morgan fingerprint density at radius 3 is 2.90 bits per heavy atom. The van der Waals surface area contributed by atoms with Crippen molar-refractivity contribution >= 4 is 11.3 Å². The van der Waals surface area contributed by atoms with Gasteiger partial charge in [-0.15, -0.1) is 11.3 Å². The molecule has 1 aromatic heterocycles. The van der Waals surface area contributed by atoms with Crippen LogP contribution in [0.15, 0.2) is 5.38 Å². The lowest BCUT2D eigenvalue weighted by Gasteiger charge is -2.22. The average molecular weight is 324 g/mol. The number of aliphatic hydroxyl groups excluding tert-OH is 1. The van der Waals surface area contributed by atoms with E-state index in [1.54, 1.807) is 5.38 Å². The van der Waals surface area contributed by atoms with Gasteiger partial charge in [0.25, 0.3) is 0 Å². The summed E-state index contributed by atoms with van der Waals surface area (Å²) in [5, 5.41) is 11.4. The first-order chi connectivity index (χ1) is 9.98. The first-order valence-corrected chi connectivity index (χ1v) is 7.82. The van der Waals surface area contributed by atoms with Gasteiger partial charge in [-0.1, -0.05) is 0 Å². The molecule has 1 atom stereocenters. The largest absolute Gasteiger partial charge is 0.401 e. The van der Waals surface area contributed by atoms with E-state index in [1.165, 1.54) is 16.2 Å². The Balaban J connectivity index is 1.95. The van der Waals surface area contributed by atoms with E-state index in [9.17, 15) is 13.2 Å². The van der Waals surface area contributed by atoms with Gasteiger partial charge in [0.2, 0.25) is 0 Å². The number of halogens is 3. The maximum atomic E-state index is 12.5. The molecular formula is C13H19F3N2O2S. The van der Waals surface area contributed by atoms with E-state index in [-0.39, 0.29) is 25.8 Å². The molecule has 0 spiro atoms. The molecule has 0 bridgehead atoms. The van der Waals surface area contributed by atoms with Crippen LogP contribution in [-0.2, 0) is 11.3 Å². The maximum Gasteiger partial charge on any atom is 0.401 e. The fourth-order valence-corrected chi connectivity index (χ4v) is 3.20. The third kappa shape index (κ3) is 5.54. The minimum atomic E-state index is -4.25. The van der Waals surface area contributed by atoms with E-state index in [1.807, 2.05) is 0 Å². The van der Waals surface area contributed by atoms with E-state index in [0.29, 0.717) is 12.1 Å². The molecule has 0 radical (unpaired) electrons. The summed E-state index contributed by atoms with van der Waals surface area (Å²) in [5.74, 6) is 0.